The lowest BCUT2D eigenvalue weighted by atomic mass is 9.88. The van der Waals surface area contributed by atoms with Gasteiger partial charge in [0.15, 0.2) is 0 Å². The summed E-state index contributed by atoms with van der Waals surface area (Å²) in [5.74, 6) is 0. The van der Waals surface area contributed by atoms with E-state index in [1.165, 1.54) is 0 Å². The molecule has 0 unspecified atom stereocenters. The normalized spacial score (nSPS) is 18.9. The average Bonchev–Trinajstić information content (AvgIpc) is 2.28. The van der Waals surface area contributed by atoms with Gasteiger partial charge in [0.2, 0.25) is 0 Å². The quantitative estimate of drug-likeness (QED) is 0.781. The second kappa shape index (κ2) is 5.37. The van der Waals surface area contributed by atoms with Crippen molar-refractivity contribution in [2.45, 2.75) is 38.3 Å². The molecule has 5 nitrogen and oxygen atoms in total. The minimum Gasteiger partial charge on any atom is -0.331 e. The number of nitrogens with one attached hydrogen (secondary N) is 1. The molecule has 0 radical (unpaired) electrons. The molecule has 0 aromatic rings. The molecule has 96 valence electrons. The van der Waals surface area contributed by atoms with Gasteiger partial charge in [0.25, 0.3) is 0 Å². The fourth-order valence-electron chi connectivity index (χ4n) is 2.20. The molecule has 0 bridgehead atoms. The van der Waals surface area contributed by atoms with Gasteiger partial charge in [-0.15, -0.1) is 0 Å². The number of rotatable bonds is 2. The summed E-state index contributed by atoms with van der Waals surface area (Å²) < 4.78 is 0. The topological polar surface area (TPSA) is 59.4 Å². The second-order valence-electron chi connectivity index (χ2n) is 5.16. The van der Waals surface area contributed by atoms with Crippen molar-refractivity contribution >= 4 is 6.03 Å². The van der Waals surface area contributed by atoms with Gasteiger partial charge in [-0.25, -0.2) is 4.79 Å². The van der Waals surface area contributed by atoms with Crippen LogP contribution in [0.4, 0.5) is 4.79 Å². The van der Waals surface area contributed by atoms with Crippen molar-refractivity contribution in [3.05, 3.63) is 0 Å². The third-order valence-electron chi connectivity index (χ3n) is 3.05. The highest BCUT2D eigenvalue weighted by molar-refractivity contribution is 5.74. The smallest absolute Gasteiger partial charge is 0.319 e. The Hall–Kier alpha value is -1.28. The summed E-state index contributed by atoms with van der Waals surface area (Å²) in [7, 11) is 3.50. The van der Waals surface area contributed by atoms with Gasteiger partial charge in [0, 0.05) is 33.2 Å². The monoisotopic (exact) mass is 238 g/mol. The molecule has 0 aromatic carbocycles. The Bertz CT molecular complexity index is 311. The number of nitrogens with zero attached hydrogens (tertiary/aromatic N) is 3. The van der Waals surface area contributed by atoms with Crippen molar-refractivity contribution in [3.63, 3.8) is 0 Å². The largest absolute Gasteiger partial charge is 0.331 e. The van der Waals surface area contributed by atoms with E-state index in [1.54, 1.807) is 23.9 Å². The van der Waals surface area contributed by atoms with Crippen molar-refractivity contribution in [3.8, 4) is 6.07 Å². The Morgan fingerprint density at radius 2 is 1.94 bits per heavy atom. The Kier molecular flexibility index (Phi) is 4.35. The highest BCUT2D eigenvalue weighted by Gasteiger charge is 2.36. The summed E-state index contributed by atoms with van der Waals surface area (Å²) in [6, 6.07) is 2.69. The van der Waals surface area contributed by atoms with E-state index < -0.39 is 5.54 Å². The Balaban J connectivity index is 2.60. The maximum atomic E-state index is 11.8. The standard InChI is InChI=1S/C12H22N4O/c1-10(2)14-12(9-13)5-7-16(8-6-12)11(17)15(3)4/h10,14H,5-8H2,1-4H3. The Labute approximate surface area is 103 Å². The van der Waals surface area contributed by atoms with E-state index >= 15 is 0 Å². The summed E-state index contributed by atoms with van der Waals surface area (Å²) in [6.45, 7) is 5.36. The zero-order chi connectivity index (χ0) is 13.1. The fourth-order valence-corrected chi connectivity index (χ4v) is 2.20. The first-order chi connectivity index (χ1) is 7.90. The number of piperidine rings is 1. The maximum absolute atomic E-state index is 11.8. The van der Waals surface area contributed by atoms with Crippen LogP contribution >= 0.6 is 0 Å². The summed E-state index contributed by atoms with van der Waals surface area (Å²) >= 11 is 0. The molecule has 0 aliphatic carbocycles. The maximum Gasteiger partial charge on any atom is 0.319 e. The van der Waals surface area contributed by atoms with Gasteiger partial charge in [-0.05, 0) is 26.7 Å². The molecule has 1 fully saturated rings. The molecule has 2 amide bonds. The molecule has 5 heteroatoms. The second-order valence-corrected chi connectivity index (χ2v) is 5.16. The highest BCUT2D eigenvalue weighted by atomic mass is 16.2. The van der Waals surface area contributed by atoms with E-state index in [9.17, 15) is 10.1 Å². The lowest BCUT2D eigenvalue weighted by Crippen LogP contribution is -2.56. The molecule has 1 N–H and O–H groups in total. The molecule has 1 rings (SSSR count). The predicted octanol–water partition coefficient (Wildman–Crippen LogP) is 1.02. The minimum atomic E-state index is -0.461. The fraction of sp³-hybridized carbons (Fsp3) is 0.833. The molecule has 0 atom stereocenters. The first kappa shape index (κ1) is 13.8. The van der Waals surface area contributed by atoms with Gasteiger partial charge < -0.3 is 9.80 Å². The molecule has 1 heterocycles. The van der Waals surface area contributed by atoms with Gasteiger partial charge in [-0.3, -0.25) is 5.32 Å². The van der Waals surface area contributed by atoms with Crippen molar-refractivity contribution in [2.24, 2.45) is 0 Å². The van der Waals surface area contributed by atoms with Crippen molar-refractivity contribution < 1.29 is 4.79 Å². The number of amides is 2. The molecule has 0 saturated carbocycles. The van der Waals surface area contributed by atoms with Crippen molar-refractivity contribution in [2.75, 3.05) is 27.2 Å². The van der Waals surface area contributed by atoms with Crippen LogP contribution in [0.25, 0.3) is 0 Å². The van der Waals surface area contributed by atoms with Gasteiger partial charge in [-0.1, -0.05) is 0 Å². The number of carbonyl (C=O) groups is 1. The molecule has 17 heavy (non-hydrogen) atoms. The van der Waals surface area contributed by atoms with Crippen LogP contribution in [0.1, 0.15) is 26.7 Å². The van der Waals surface area contributed by atoms with E-state index in [0.29, 0.717) is 25.9 Å². The molecular weight excluding hydrogens is 216 g/mol. The van der Waals surface area contributed by atoms with Crippen molar-refractivity contribution in [1.29, 1.82) is 5.26 Å². The average molecular weight is 238 g/mol. The van der Waals surface area contributed by atoms with E-state index in [4.69, 9.17) is 0 Å². The van der Waals surface area contributed by atoms with Crippen LogP contribution in [0.2, 0.25) is 0 Å². The zero-order valence-electron chi connectivity index (χ0n) is 11.2. The number of hydrogen-bond donors (Lipinski definition) is 1. The van der Waals surface area contributed by atoms with Crippen LogP contribution in [-0.2, 0) is 0 Å². The third-order valence-corrected chi connectivity index (χ3v) is 3.05. The number of urea groups is 1. The Morgan fingerprint density at radius 3 is 2.29 bits per heavy atom. The number of nitriles is 1. The third kappa shape index (κ3) is 3.34. The van der Waals surface area contributed by atoms with Gasteiger partial charge >= 0.3 is 6.03 Å². The molecule has 0 aromatic heterocycles. The highest BCUT2D eigenvalue weighted by Crippen LogP contribution is 2.22. The van der Waals surface area contributed by atoms with Crippen LogP contribution in [0, 0.1) is 11.3 Å². The first-order valence-electron chi connectivity index (χ1n) is 6.05. The summed E-state index contributed by atoms with van der Waals surface area (Å²) in [5, 5.41) is 12.6. The number of hydrogen-bond acceptors (Lipinski definition) is 3. The van der Waals surface area contributed by atoms with Gasteiger partial charge in [0.1, 0.15) is 5.54 Å². The Morgan fingerprint density at radius 1 is 1.41 bits per heavy atom. The van der Waals surface area contributed by atoms with E-state index in [-0.39, 0.29) is 12.1 Å². The van der Waals surface area contributed by atoms with Crippen LogP contribution in [0.5, 0.6) is 0 Å². The van der Waals surface area contributed by atoms with Crippen molar-refractivity contribution in [1.82, 2.24) is 15.1 Å². The summed E-state index contributed by atoms with van der Waals surface area (Å²) in [6.07, 6.45) is 1.39. The first-order valence-corrected chi connectivity index (χ1v) is 6.05. The minimum absolute atomic E-state index is 0.0288. The summed E-state index contributed by atoms with van der Waals surface area (Å²) in [4.78, 5) is 15.1. The predicted molar refractivity (Wildman–Crippen MR) is 66.5 cm³/mol. The van der Waals surface area contributed by atoms with Gasteiger partial charge in [-0.2, -0.15) is 5.26 Å². The van der Waals surface area contributed by atoms with E-state index in [2.05, 4.69) is 11.4 Å². The van der Waals surface area contributed by atoms with Crippen LogP contribution in [0.3, 0.4) is 0 Å². The van der Waals surface area contributed by atoms with Crippen LogP contribution < -0.4 is 5.32 Å². The molecule has 1 aliphatic rings. The number of likely N-dealkylation sites (tertiary alicyclic amines) is 1. The SMILES string of the molecule is CC(C)NC1(C#N)CCN(C(=O)N(C)C)CC1. The lowest BCUT2D eigenvalue weighted by Gasteiger charge is -2.39. The molecular formula is C12H22N4O. The van der Waals surface area contributed by atoms with E-state index in [0.717, 1.165) is 0 Å². The molecule has 1 saturated heterocycles. The summed E-state index contributed by atoms with van der Waals surface area (Å²) in [5.41, 5.74) is -0.461. The van der Waals surface area contributed by atoms with Gasteiger partial charge in [0.05, 0.1) is 6.07 Å². The van der Waals surface area contributed by atoms with Crippen LogP contribution in [0.15, 0.2) is 0 Å². The zero-order valence-corrected chi connectivity index (χ0v) is 11.2. The van der Waals surface area contributed by atoms with E-state index in [1.807, 2.05) is 13.8 Å². The molecule has 1 aliphatic heterocycles. The number of carbonyl (C=O) groups excluding carboxylic acids is 1. The lowest BCUT2D eigenvalue weighted by molar-refractivity contribution is 0.138. The molecule has 0 spiro atoms. The van der Waals surface area contributed by atoms with Crippen LogP contribution in [-0.4, -0.2) is 54.6 Å².